The third-order valence-electron chi connectivity index (χ3n) is 5.92. The first-order valence-corrected chi connectivity index (χ1v) is 11.1. The van der Waals surface area contributed by atoms with Gasteiger partial charge < -0.3 is 20.7 Å². The van der Waals surface area contributed by atoms with Gasteiger partial charge in [-0.25, -0.2) is 15.0 Å². The molecule has 0 spiro atoms. The maximum atomic E-state index is 13.5. The Morgan fingerprint density at radius 1 is 0.857 bits per heavy atom. The molecular weight excluding hydrogens is 442 g/mol. The van der Waals surface area contributed by atoms with E-state index in [0.29, 0.717) is 23.2 Å². The number of carbonyl (C=O) groups excluding carboxylic acids is 1. The van der Waals surface area contributed by atoms with Crippen molar-refractivity contribution in [3.05, 3.63) is 83.9 Å². The summed E-state index contributed by atoms with van der Waals surface area (Å²) < 4.78 is 0. The van der Waals surface area contributed by atoms with Crippen LogP contribution in [0.5, 0.6) is 0 Å². The van der Waals surface area contributed by atoms with Crippen molar-refractivity contribution in [3.63, 3.8) is 0 Å². The second-order valence-corrected chi connectivity index (χ2v) is 8.32. The van der Waals surface area contributed by atoms with Gasteiger partial charge in [-0.1, -0.05) is 24.3 Å². The van der Waals surface area contributed by atoms with Gasteiger partial charge in [-0.05, 0) is 42.5 Å². The lowest BCUT2D eigenvalue weighted by molar-refractivity contribution is -0.117. The third-order valence-corrected chi connectivity index (χ3v) is 5.92. The molecule has 0 radical (unpaired) electrons. The van der Waals surface area contributed by atoms with Gasteiger partial charge in [-0.3, -0.25) is 15.5 Å². The number of aromatic nitrogens is 6. The van der Waals surface area contributed by atoms with Crippen molar-refractivity contribution in [1.82, 2.24) is 29.9 Å². The number of rotatable bonds is 6. The molecule has 0 aliphatic carbocycles. The molecule has 1 unspecified atom stereocenters. The van der Waals surface area contributed by atoms with E-state index >= 15 is 0 Å². The Morgan fingerprint density at radius 3 is 2.26 bits per heavy atom. The molecule has 0 bridgehead atoms. The molecule has 1 atom stereocenters. The van der Waals surface area contributed by atoms with Crippen LogP contribution in [0.3, 0.4) is 0 Å². The summed E-state index contributed by atoms with van der Waals surface area (Å²) in [5, 5.41) is 10.6. The van der Waals surface area contributed by atoms with E-state index in [-0.39, 0.29) is 18.2 Å². The van der Waals surface area contributed by atoms with Gasteiger partial charge in [0.15, 0.2) is 0 Å². The van der Waals surface area contributed by atoms with E-state index in [1.165, 1.54) is 0 Å². The van der Waals surface area contributed by atoms with Gasteiger partial charge in [0.1, 0.15) is 23.4 Å². The molecule has 3 heterocycles. The molecule has 1 amide bonds. The van der Waals surface area contributed by atoms with E-state index in [9.17, 15) is 4.79 Å². The summed E-state index contributed by atoms with van der Waals surface area (Å²) >= 11 is 0. The molecule has 10 nitrogen and oxygen atoms in total. The minimum absolute atomic E-state index is 0.0200. The van der Waals surface area contributed by atoms with Crippen LogP contribution in [-0.2, 0) is 11.2 Å². The highest BCUT2D eigenvalue weighted by Crippen LogP contribution is 2.24. The Balaban J connectivity index is 1.36. The van der Waals surface area contributed by atoms with E-state index in [4.69, 9.17) is 11.1 Å². The van der Waals surface area contributed by atoms with Gasteiger partial charge in [0, 0.05) is 12.0 Å². The van der Waals surface area contributed by atoms with Gasteiger partial charge in [-0.15, -0.1) is 0 Å². The second-order valence-electron chi connectivity index (χ2n) is 8.32. The summed E-state index contributed by atoms with van der Waals surface area (Å²) in [6, 6.07) is 20.5. The average molecular weight is 464 g/mol. The summed E-state index contributed by atoms with van der Waals surface area (Å²) in [4.78, 5) is 37.0. The molecule has 0 aliphatic heterocycles. The number of fused-ring (bicyclic) bond motifs is 3. The molecule has 6 aromatic rings. The molecule has 0 fully saturated rings. The maximum Gasteiger partial charge on any atom is 0.237 e. The monoisotopic (exact) mass is 463 g/mol. The minimum Gasteiger partial charge on any atom is -0.384 e. The molecule has 7 N–H and O–H groups in total. The lowest BCUT2D eigenvalue weighted by Crippen LogP contribution is -2.25. The predicted octanol–water partition coefficient (Wildman–Crippen LogP) is 3.56. The van der Waals surface area contributed by atoms with Crippen LogP contribution in [0.15, 0.2) is 66.7 Å². The van der Waals surface area contributed by atoms with Gasteiger partial charge in [0.05, 0.1) is 33.1 Å². The number of para-hydroxylation sites is 4. The van der Waals surface area contributed by atoms with Gasteiger partial charge in [0.25, 0.3) is 0 Å². The lowest BCUT2D eigenvalue weighted by atomic mass is 10.0. The topological polar surface area (TPSA) is 165 Å². The number of nitrogens with zero attached hydrogens (tertiary/aromatic N) is 3. The Labute approximate surface area is 198 Å². The molecule has 35 heavy (non-hydrogen) atoms. The fourth-order valence-electron chi connectivity index (χ4n) is 4.19. The standard InChI is InChI=1S/C25H21N9O/c26-22(27)13-9-10-19-20(11-13)29-21(28-19)12-14(23-30-15-5-1-2-6-16(15)31-23)24(35)34-25-32-17-7-3-4-8-18(17)33-25/h1-11,14H,12H2,(H3,26,27)(H,28,29)(H,30,31)(H2,32,33,34,35). The minimum atomic E-state index is -0.663. The van der Waals surface area contributed by atoms with Gasteiger partial charge in [-0.2, -0.15) is 0 Å². The zero-order valence-corrected chi connectivity index (χ0v) is 18.5. The summed E-state index contributed by atoms with van der Waals surface area (Å²) in [5.74, 6) is 0.563. The van der Waals surface area contributed by atoms with Crippen molar-refractivity contribution in [3.8, 4) is 0 Å². The van der Waals surface area contributed by atoms with Crippen LogP contribution in [0.2, 0.25) is 0 Å². The van der Waals surface area contributed by atoms with Crippen LogP contribution in [0.25, 0.3) is 33.1 Å². The highest BCUT2D eigenvalue weighted by Gasteiger charge is 2.27. The molecule has 172 valence electrons. The zero-order chi connectivity index (χ0) is 23.9. The quantitative estimate of drug-likeness (QED) is 0.164. The van der Waals surface area contributed by atoms with Crippen molar-refractivity contribution in [2.24, 2.45) is 5.73 Å². The SMILES string of the molecule is N=C(N)c1ccc2nc(CC(C(=O)Nc3nc4ccccc4[nH]3)c3nc4ccccc4[nH]3)[nH]c2c1. The van der Waals surface area contributed by atoms with E-state index in [2.05, 4.69) is 35.2 Å². The Bertz CT molecular complexity index is 1660. The summed E-state index contributed by atoms with van der Waals surface area (Å²) in [5.41, 5.74) is 10.9. The largest absolute Gasteiger partial charge is 0.384 e. The molecule has 0 aliphatic rings. The van der Waals surface area contributed by atoms with E-state index in [0.717, 1.165) is 33.1 Å². The first kappa shape index (κ1) is 20.6. The van der Waals surface area contributed by atoms with Crippen molar-refractivity contribution in [1.29, 1.82) is 5.41 Å². The number of benzene rings is 3. The number of hydrogen-bond acceptors (Lipinski definition) is 5. The van der Waals surface area contributed by atoms with Crippen molar-refractivity contribution in [2.45, 2.75) is 12.3 Å². The Hall–Kier alpha value is -4.99. The van der Waals surface area contributed by atoms with Crippen LogP contribution >= 0.6 is 0 Å². The van der Waals surface area contributed by atoms with Crippen molar-refractivity contribution < 1.29 is 4.79 Å². The van der Waals surface area contributed by atoms with Crippen LogP contribution in [0.4, 0.5) is 5.95 Å². The number of amidine groups is 1. The average Bonchev–Trinajstić information content (AvgIpc) is 3.56. The molecular formula is C25H21N9O. The highest BCUT2D eigenvalue weighted by molar-refractivity contribution is 5.98. The van der Waals surface area contributed by atoms with E-state index in [1.54, 1.807) is 18.2 Å². The summed E-state index contributed by atoms with van der Waals surface area (Å²) in [6.45, 7) is 0. The van der Waals surface area contributed by atoms with Gasteiger partial charge >= 0.3 is 0 Å². The smallest absolute Gasteiger partial charge is 0.237 e. The van der Waals surface area contributed by atoms with Crippen LogP contribution in [-0.4, -0.2) is 41.6 Å². The van der Waals surface area contributed by atoms with Crippen molar-refractivity contribution in [2.75, 3.05) is 5.32 Å². The fourth-order valence-corrected chi connectivity index (χ4v) is 4.19. The van der Waals surface area contributed by atoms with Crippen LogP contribution in [0, 0.1) is 5.41 Å². The number of amides is 1. The predicted molar refractivity (Wildman–Crippen MR) is 134 cm³/mol. The van der Waals surface area contributed by atoms with E-state index in [1.807, 2.05) is 48.5 Å². The third kappa shape index (κ3) is 3.86. The Kier molecular flexibility index (Phi) is 4.77. The molecule has 0 saturated carbocycles. The number of nitrogens with two attached hydrogens (primary N) is 1. The molecule has 10 heteroatoms. The summed E-state index contributed by atoms with van der Waals surface area (Å²) in [6.07, 6.45) is 0.274. The van der Waals surface area contributed by atoms with Crippen LogP contribution in [0.1, 0.15) is 23.1 Å². The number of nitrogen functional groups attached to an aromatic ring is 1. The second kappa shape index (κ2) is 8.10. The number of imidazole rings is 3. The number of aromatic amines is 3. The number of H-pyrrole nitrogens is 3. The number of carbonyl (C=O) groups is 1. The first-order chi connectivity index (χ1) is 17.0. The van der Waals surface area contributed by atoms with Crippen molar-refractivity contribution >= 4 is 50.8 Å². The molecule has 3 aromatic heterocycles. The fraction of sp³-hybridized carbons (Fsp3) is 0.0800. The lowest BCUT2D eigenvalue weighted by Gasteiger charge is -2.12. The van der Waals surface area contributed by atoms with Gasteiger partial charge in [0.2, 0.25) is 11.9 Å². The molecule has 0 saturated heterocycles. The maximum absolute atomic E-state index is 13.5. The summed E-state index contributed by atoms with van der Waals surface area (Å²) in [7, 11) is 0. The number of hydrogen-bond donors (Lipinski definition) is 6. The highest BCUT2D eigenvalue weighted by atomic mass is 16.2. The number of nitrogens with one attached hydrogen (secondary N) is 5. The molecule has 6 rings (SSSR count). The first-order valence-electron chi connectivity index (χ1n) is 11.1. The Morgan fingerprint density at radius 2 is 1.54 bits per heavy atom. The van der Waals surface area contributed by atoms with E-state index < -0.39 is 5.92 Å². The zero-order valence-electron chi connectivity index (χ0n) is 18.5. The normalized spacial score (nSPS) is 12.3. The molecule has 3 aromatic carbocycles. The number of anilines is 1. The van der Waals surface area contributed by atoms with Crippen LogP contribution < -0.4 is 11.1 Å².